The summed E-state index contributed by atoms with van der Waals surface area (Å²) in [6.45, 7) is 0. The number of fused-ring (bicyclic) bond motifs is 6. The molecule has 27 heavy (non-hydrogen) atoms. The van der Waals surface area contributed by atoms with Gasteiger partial charge in [0.05, 0.1) is 0 Å². The first kappa shape index (κ1) is 15.0. The number of benzene rings is 4. The molecule has 2 aromatic heterocycles. The van der Waals surface area contributed by atoms with E-state index in [1.165, 1.54) is 53.1 Å². The Bertz CT molecular complexity index is 1480. The van der Waals surface area contributed by atoms with Crippen LogP contribution in [0.3, 0.4) is 0 Å². The number of nitrogens with zero attached hydrogens (tertiary/aromatic N) is 1. The van der Waals surface area contributed by atoms with Gasteiger partial charge in [-0.2, -0.15) is 0 Å². The zero-order valence-electron chi connectivity index (χ0n) is 14.9. The summed E-state index contributed by atoms with van der Waals surface area (Å²) in [5, 5.41) is 5.35. The number of hydrogen-bond donors (Lipinski definition) is 0. The van der Waals surface area contributed by atoms with E-state index >= 15 is 0 Å². The number of aryl methyl sites for hydroxylation is 1. The minimum Gasteiger partial charge on any atom is -0.344 e. The molecule has 4 aromatic carbocycles. The van der Waals surface area contributed by atoms with Gasteiger partial charge in [0.25, 0.3) is 0 Å². The molecule has 0 spiro atoms. The van der Waals surface area contributed by atoms with Gasteiger partial charge < -0.3 is 4.57 Å². The molecule has 2 heteroatoms. The molecule has 0 fully saturated rings. The molecule has 2 heterocycles. The van der Waals surface area contributed by atoms with Crippen molar-refractivity contribution in [3.05, 3.63) is 84.9 Å². The topological polar surface area (TPSA) is 4.93 Å². The van der Waals surface area contributed by atoms with Crippen LogP contribution in [0.4, 0.5) is 0 Å². The second kappa shape index (κ2) is 5.45. The highest BCUT2D eigenvalue weighted by atomic mass is 32.1. The van der Waals surface area contributed by atoms with E-state index in [0.717, 1.165) is 0 Å². The van der Waals surface area contributed by atoms with Crippen LogP contribution in [0.2, 0.25) is 0 Å². The van der Waals surface area contributed by atoms with E-state index in [4.69, 9.17) is 0 Å². The predicted octanol–water partition coefficient (Wildman–Crippen LogP) is 7.37. The Kier molecular flexibility index (Phi) is 3.03. The minimum absolute atomic E-state index is 1.28. The lowest BCUT2D eigenvalue weighted by Gasteiger charge is -2.04. The van der Waals surface area contributed by atoms with Crippen LogP contribution in [0.25, 0.3) is 53.1 Å². The average molecular weight is 363 g/mol. The van der Waals surface area contributed by atoms with Crippen LogP contribution < -0.4 is 0 Å². The summed E-state index contributed by atoms with van der Waals surface area (Å²) >= 11 is 1.88. The first-order chi connectivity index (χ1) is 13.3. The number of rotatable bonds is 1. The quantitative estimate of drug-likeness (QED) is 0.287. The molecule has 0 radical (unpaired) electrons. The zero-order chi connectivity index (χ0) is 18.0. The van der Waals surface area contributed by atoms with Crippen LogP contribution in [-0.2, 0) is 7.05 Å². The maximum absolute atomic E-state index is 2.34. The lowest BCUT2D eigenvalue weighted by atomic mass is 10.0. The molecule has 0 aliphatic carbocycles. The van der Waals surface area contributed by atoms with Crippen LogP contribution in [0.15, 0.2) is 84.9 Å². The van der Waals surface area contributed by atoms with Gasteiger partial charge in [0.15, 0.2) is 0 Å². The molecule has 0 saturated carbocycles. The number of para-hydroxylation sites is 1. The van der Waals surface area contributed by atoms with Crippen LogP contribution >= 0.6 is 11.3 Å². The largest absolute Gasteiger partial charge is 0.344 e. The highest BCUT2D eigenvalue weighted by Crippen LogP contribution is 2.37. The van der Waals surface area contributed by atoms with Crippen molar-refractivity contribution in [1.29, 1.82) is 0 Å². The van der Waals surface area contributed by atoms with Gasteiger partial charge in [0.1, 0.15) is 0 Å². The molecule has 0 atom stereocenters. The lowest BCUT2D eigenvalue weighted by molar-refractivity contribution is 1.01. The maximum Gasteiger partial charge on any atom is 0.0489 e. The van der Waals surface area contributed by atoms with E-state index < -0.39 is 0 Å². The molecular formula is C25H17NS. The summed E-state index contributed by atoms with van der Waals surface area (Å²) in [4.78, 5) is 0. The Hall–Kier alpha value is -3.10. The molecule has 0 unspecified atom stereocenters. The van der Waals surface area contributed by atoms with Crippen molar-refractivity contribution in [2.45, 2.75) is 0 Å². The van der Waals surface area contributed by atoms with Gasteiger partial charge >= 0.3 is 0 Å². The van der Waals surface area contributed by atoms with E-state index in [9.17, 15) is 0 Å². The van der Waals surface area contributed by atoms with E-state index in [2.05, 4.69) is 96.5 Å². The van der Waals surface area contributed by atoms with Crippen molar-refractivity contribution in [3.8, 4) is 11.1 Å². The first-order valence-corrected chi connectivity index (χ1v) is 10.00. The fourth-order valence-electron chi connectivity index (χ4n) is 4.25. The molecule has 128 valence electrons. The van der Waals surface area contributed by atoms with E-state index in [-0.39, 0.29) is 0 Å². The monoisotopic (exact) mass is 363 g/mol. The van der Waals surface area contributed by atoms with E-state index in [1.54, 1.807) is 0 Å². The summed E-state index contributed by atoms with van der Waals surface area (Å²) in [6, 6.07) is 31.0. The van der Waals surface area contributed by atoms with E-state index in [1.807, 2.05) is 11.3 Å². The minimum atomic E-state index is 1.28. The van der Waals surface area contributed by atoms with Gasteiger partial charge in [-0.05, 0) is 41.5 Å². The van der Waals surface area contributed by atoms with Gasteiger partial charge in [0.2, 0.25) is 0 Å². The average Bonchev–Trinajstić information content (AvgIpc) is 3.23. The van der Waals surface area contributed by atoms with Crippen molar-refractivity contribution < 1.29 is 0 Å². The molecule has 6 rings (SSSR count). The fraction of sp³-hybridized carbons (Fsp3) is 0.0400. The molecule has 0 N–H and O–H groups in total. The van der Waals surface area contributed by atoms with Gasteiger partial charge in [-0.25, -0.2) is 0 Å². The standard InChI is InChI=1S/C25H17NS/c1-26-22-8-4-2-6-18(22)21-14-16(11-13-23(21)26)17-10-12-20-19-7-3-5-9-24(19)27-25(20)15-17/h2-15H,1H3. The van der Waals surface area contributed by atoms with Crippen molar-refractivity contribution in [1.82, 2.24) is 4.57 Å². The molecule has 0 aliphatic heterocycles. The number of thiophene rings is 1. The molecule has 1 nitrogen and oxygen atoms in total. The normalized spacial score (nSPS) is 11.9. The molecule has 6 aromatic rings. The van der Waals surface area contributed by atoms with Gasteiger partial charge in [-0.3, -0.25) is 0 Å². The summed E-state index contributed by atoms with van der Waals surface area (Å²) in [7, 11) is 2.15. The summed E-state index contributed by atoms with van der Waals surface area (Å²) in [6.07, 6.45) is 0. The zero-order valence-corrected chi connectivity index (χ0v) is 15.8. The Morgan fingerprint density at radius 3 is 2.15 bits per heavy atom. The third-order valence-corrected chi connectivity index (χ3v) is 6.76. The lowest BCUT2D eigenvalue weighted by Crippen LogP contribution is -1.86. The van der Waals surface area contributed by atoms with Crippen LogP contribution in [0.1, 0.15) is 0 Å². The van der Waals surface area contributed by atoms with Crippen molar-refractivity contribution >= 4 is 53.3 Å². The summed E-state index contributed by atoms with van der Waals surface area (Å²) < 4.78 is 4.99. The Labute approximate surface area is 161 Å². The number of hydrogen-bond acceptors (Lipinski definition) is 1. The third-order valence-electron chi connectivity index (χ3n) is 5.63. The van der Waals surface area contributed by atoms with Gasteiger partial charge in [-0.15, -0.1) is 11.3 Å². The first-order valence-electron chi connectivity index (χ1n) is 9.18. The third kappa shape index (κ3) is 2.11. The predicted molar refractivity (Wildman–Crippen MR) is 119 cm³/mol. The van der Waals surface area contributed by atoms with Gasteiger partial charge in [0, 0.05) is 49.0 Å². The second-order valence-corrected chi connectivity index (χ2v) is 8.20. The smallest absolute Gasteiger partial charge is 0.0489 e. The van der Waals surface area contributed by atoms with Crippen LogP contribution in [-0.4, -0.2) is 4.57 Å². The maximum atomic E-state index is 2.34. The number of aromatic nitrogens is 1. The Balaban J connectivity index is 1.60. The van der Waals surface area contributed by atoms with Gasteiger partial charge in [-0.1, -0.05) is 54.6 Å². The van der Waals surface area contributed by atoms with E-state index in [0.29, 0.717) is 0 Å². The molecular weight excluding hydrogens is 346 g/mol. The Morgan fingerprint density at radius 2 is 1.22 bits per heavy atom. The molecule has 0 amide bonds. The van der Waals surface area contributed by atoms with Crippen molar-refractivity contribution in [3.63, 3.8) is 0 Å². The summed E-state index contributed by atoms with van der Waals surface area (Å²) in [5.74, 6) is 0. The highest BCUT2D eigenvalue weighted by molar-refractivity contribution is 7.25. The van der Waals surface area contributed by atoms with Crippen molar-refractivity contribution in [2.75, 3.05) is 0 Å². The molecule has 0 aliphatic rings. The van der Waals surface area contributed by atoms with Crippen LogP contribution in [0, 0.1) is 0 Å². The SMILES string of the molecule is Cn1c2ccccc2c2cc(-c3ccc4c(c3)sc3ccccc34)ccc21. The van der Waals surface area contributed by atoms with Crippen molar-refractivity contribution in [2.24, 2.45) is 7.05 Å². The highest BCUT2D eigenvalue weighted by Gasteiger charge is 2.10. The summed E-state index contributed by atoms with van der Waals surface area (Å²) in [5.41, 5.74) is 5.12. The second-order valence-electron chi connectivity index (χ2n) is 7.12. The fourth-order valence-corrected chi connectivity index (χ4v) is 5.40. The Morgan fingerprint density at radius 1 is 0.556 bits per heavy atom. The molecule has 0 saturated heterocycles. The molecule has 0 bridgehead atoms. The van der Waals surface area contributed by atoms with Crippen LogP contribution in [0.5, 0.6) is 0 Å².